The third-order valence-corrected chi connectivity index (χ3v) is 4.03. The lowest BCUT2D eigenvalue weighted by molar-refractivity contribution is 0.498. The highest BCUT2D eigenvalue weighted by Gasteiger charge is 2.23. The molecule has 0 bridgehead atoms. The van der Waals surface area contributed by atoms with Crippen molar-refractivity contribution < 1.29 is 8.78 Å². The molecule has 3 rings (SSSR count). The van der Waals surface area contributed by atoms with E-state index >= 15 is 0 Å². The monoisotopic (exact) mass is 273 g/mol. The normalized spacial score (nSPS) is 17.9. The van der Waals surface area contributed by atoms with E-state index in [0.29, 0.717) is 12.0 Å². The maximum absolute atomic E-state index is 14.1. The third kappa shape index (κ3) is 2.34. The van der Waals surface area contributed by atoms with Gasteiger partial charge in [-0.1, -0.05) is 30.3 Å². The second kappa shape index (κ2) is 5.33. The summed E-state index contributed by atoms with van der Waals surface area (Å²) in [7, 11) is 0. The molecule has 1 heterocycles. The summed E-state index contributed by atoms with van der Waals surface area (Å²) in [5.41, 5.74) is 3.12. The van der Waals surface area contributed by atoms with Crippen LogP contribution in [0.5, 0.6) is 0 Å². The van der Waals surface area contributed by atoms with Gasteiger partial charge in [0.25, 0.3) is 0 Å². The van der Waals surface area contributed by atoms with Crippen LogP contribution in [-0.4, -0.2) is 6.54 Å². The molecule has 0 radical (unpaired) electrons. The lowest BCUT2D eigenvalue weighted by Gasteiger charge is -2.26. The van der Waals surface area contributed by atoms with Crippen molar-refractivity contribution >= 4 is 0 Å². The number of benzene rings is 2. The summed E-state index contributed by atoms with van der Waals surface area (Å²) >= 11 is 0. The van der Waals surface area contributed by atoms with E-state index in [2.05, 4.69) is 17.4 Å². The van der Waals surface area contributed by atoms with Crippen molar-refractivity contribution in [1.82, 2.24) is 5.32 Å². The van der Waals surface area contributed by atoms with Gasteiger partial charge in [0.1, 0.15) is 11.6 Å². The van der Waals surface area contributed by atoms with Gasteiger partial charge in [-0.3, -0.25) is 0 Å². The lowest BCUT2D eigenvalue weighted by Crippen LogP contribution is -2.29. The van der Waals surface area contributed by atoms with E-state index in [1.165, 1.54) is 23.3 Å². The van der Waals surface area contributed by atoms with E-state index in [4.69, 9.17) is 0 Å². The molecule has 0 saturated heterocycles. The molecule has 2 aromatic rings. The molecule has 0 saturated carbocycles. The van der Waals surface area contributed by atoms with Gasteiger partial charge < -0.3 is 5.32 Å². The van der Waals surface area contributed by atoms with Crippen LogP contribution >= 0.6 is 0 Å². The van der Waals surface area contributed by atoms with Crippen LogP contribution in [-0.2, 0) is 13.0 Å². The first-order valence-electron chi connectivity index (χ1n) is 6.89. The molecule has 1 nitrogen and oxygen atoms in total. The second-order valence-electron chi connectivity index (χ2n) is 5.39. The smallest absolute Gasteiger partial charge is 0.132 e. The molecule has 1 unspecified atom stereocenters. The van der Waals surface area contributed by atoms with Crippen molar-refractivity contribution in [2.45, 2.75) is 25.8 Å². The molecular weight excluding hydrogens is 256 g/mol. The molecule has 1 N–H and O–H groups in total. The van der Waals surface area contributed by atoms with Gasteiger partial charge in [-0.15, -0.1) is 0 Å². The Bertz CT molecular complexity index is 637. The van der Waals surface area contributed by atoms with Gasteiger partial charge in [-0.05, 0) is 36.1 Å². The Morgan fingerprint density at radius 2 is 1.95 bits per heavy atom. The molecule has 1 atom stereocenters. The zero-order chi connectivity index (χ0) is 14.1. The summed E-state index contributed by atoms with van der Waals surface area (Å²) in [6.07, 6.45) is 0.392. The number of hydrogen-bond donors (Lipinski definition) is 1. The number of aryl methyl sites for hydroxylation is 1. The molecule has 0 fully saturated rings. The number of nitrogens with one attached hydrogen (secondary N) is 1. The lowest BCUT2D eigenvalue weighted by atomic mass is 9.85. The molecule has 0 aliphatic carbocycles. The predicted octanol–water partition coefficient (Wildman–Crippen LogP) is 3.70. The van der Waals surface area contributed by atoms with Crippen molar-refractivity contribution in [2.24, 2.45) is 0 Å². The van der Waals surface area contributed by atoms with Crippen molar-refractivity contribution in [3.8, 4) is 0 Å². The largest absolute Gasteiger partial charge is 0.312 e. The number of fused-ring (bicyclic) bond motifs is 1. The summed E-state index contributed by atoms with van der Waals surface area (Å²) < 4.78 is 28.0. The minimum absolute atomic E-state index is 0.116. The predicted molar refractivity (Wildman–Crippen MR) is 75.7 cm³/mol. The molecule has 1 aliphatic heterocycles. The van der Waals surface area contributed by atoms with Gasteiger partial charge in [0.2, 0.25) is 0 Å². The third-order valence-electron chi connectivity index (χ3n) is 4.03. The number of halogens is 2. The SMILES string of the molecule is Cc1ccc(F)c(CC2CNCc3ccccc32)c1F. The van der Waals surface area contributed by atoms with Crippen LogP contribution in [0.15, 0.2) is 36.4 Å². The number of rotatable bonds is 2. The minimum Gasteiger partial charge on any atom is -0.312 e. The maximum Gasteiger partial charge on any atom is 0.132 e. The highest BCUT2D eigenvalue weighted by Crippen LogP contribution is 2.29. The van der Waals surface area contributed by atoms with E-state index in [1.54, 1.807) is 6.92 Å². The fourth-order valence-corrected chi connectivity index (χ4v) is 2.91. The van der Waals surface area contributed by atoms with Crippen molar-refractivity contribution in [3.63, 3.8) is 0 Å². The van der Waals surface area contributed by atoms with Gasteiger partial charge >= 0.3 is 0 Å². The Hall–Kier alpha value is -1.74. The molecule has 1 aliphatic rings. The average molecular weight is 273 g/mol. The van der Waals surface area contributed by atoms with E-state index in [9.17, 15) is 8.78 Å². The Morgan fingerprint density at radius 3 is 2.80 bits per heavy atom. The van der Waals surface area contributed by atoms with E-state index < -0.39 is 11.6 Å². The van der Waals surface area contributed by atoms with Crippen LogP contribution in [0, 0.1) is 18.6 Å². The van der Waals surface area contributed by atoms with E-state index in [1.807, 2.05) is 12.1 Å². The zero-order valence-electron chi connectivity index (χ0n) is 11.4. The van der Waals surface area contributed by atoms with Crippen LogP contribution in [0.2, 0.25) is 0 Å². The first kappa shape index (κ1) is 13.3. The van der Waals surface area contributed by atoms with Crippen LogP contribution in [0.25, 0.3) is 0 Å². The Kier molecular flexibility index (Phi) is 3.53. The molecule has 2 aromatic carbocycles. The summed E-state index contributed by atoms with van der Waals surface area (Å²) in [5, 5.41) is 3.32. The second-order valence-corrected chi connectivity index (χ2v) is 5.39. The highest BCUT2D eigenvalue weighted by atomic mass is 19.1. The molecule has 20 heavy (non-hydrogen) atoms. The average Bonchev–Trinajstić information content (AvgIpc) is 2.48. The van der Waals surface area contributed by atoms with Gasteiger partial charge in [0.15, 0.2) is 0 Å². The highest BCUT2D eigenvalue weighted by molar-refractivity contribution is 5.35. The topological polar surface area (TPSA) is 12.0 Å². The molecule has 0 spiro atoms. The summed E-state index contributed by atoms with van der Waals surface area (Å²) in [6, 6.07) is 11.0. The fourth-order valence-electron chi connectivity index (χ4n) is 2.91. The standard InChI is InChI=1S/C17H17F2N/c1-11-6-7-16(18)15(17(11)19)8-13-10-20-9-12-4-2-3-5-14(12)13/h2-7,13,20H,8-10H2,1H3. The molecule has 3 heteroatoms. The van der Waals surface area contributed by atoms with Gasteiger partial charge in [-0.25, -0.2) is 8.78 Å². The first-order valence-corrected chi connectivity index (χ1v) is 6.89. The Balaban J connectivity index is 1.96. The first-order chi connectivity index (χ1) is 9.66. The summed E-state index contributed by atoms with van der Waals surface area (Å²) in [4.78, 5) is 0. The van der Waals surface area contributed by atoms with E-state index in [-0.39, 0.29) is 11.5 Å². The van der Waals surface area contributed by atoms with Crippen LogP contribution in [0.4, 0.5) is 8.78 Å². The Morgan fingerprint density at radius 1 is 1.15 bits per heavy atom. The Labute approximate surface area is 117 Å². The quantitative estimate of drug-likeness (QED) is 0.879. The molecule has 0 aromatic heterocycles. The maximum atomic E-state index is 14.1. The van der Waals surface area contributed by atoms with Crippen molar-refractivity contribution in [2.75, 3.05) is 6.54 Å². The van der Waals surface area contributed by atoms with Gasteiger partial charge in [0.05, 0.1) is 0 Å². The number of hydrogen-bond acceptors (Lipinski definition) is 1. The molecule has 0 amide bonds. The van der Waals surface area contributed by atoms with Crippen molar-refractivity contribution in [3.05, 3.63) is 70.3 Å². The molecule has 104 valence electrons. The van der Waals surface area contributed by atoms with E-state index in [0.717, 1.165) is 13.1 Å². The van der Waals surface area contributed by atoms with Crippen LogP contribution < -0.4 is 5.32 Å². The summed E-state index contributed by atoms with van der Waals surface area (Å²) in [5.74, 6) is -0.741. The van der Waals surface area contributed by atoms with Gasteiger partial charge in [-0.2, -0.15) is 0 Å². The minimum atomic E-state index is -0.448. The molecular formula is C17H17F2N. The van der Waals surface area contributed by atoms with Crippen LogP contribution in [0.1, 0.15) is 28.2 Å². The van der Waals surface area contributed by atoms with Crippen LogP contribution in [0.3, 0.4) is 0 Å². The van der Waals surface area contributed by atoms with Gasteiger partial charge in [0, 0.05) is 24.6 Å². The zero-order valence-corrected chi connectivity index (χ0v) is 11.4. The summed E-state index contributed by atoms with van der Waals surface area (Å²) in [6.45, 7) is 3.25. The van der Waals surface area contributed by atoms with Crippen molar-refractivity contribution in [1.29, 1.82) is 0 Å². The fraction of sp³-hybridized carbons (Fsp3) is 0.294.